The molecule has 1 atom stereocenters. The maximum atomic E-state index is 8.64. The maximum Gasteiger partial charge on any atom is 0.0669 e. The Balaban J connectivity index is 2.46. The summed E-state index contributed by atoms with van der Waals surface area (Å²) in [4.78, 5) is 0. The first-order chi connectivity index (χ1) is 6.33. The summed E-state index contributed by atoms with van der Waals surface area (Å²) in [5, 5.41) is 8.64. The predicted octanol–water partition coefficient (Wildman–Crippen LogP) is 1.70. The number of hydrogen-bond acceptors (Lipinski definition) is 2. The first-order valence-electron chi connectivity index (χ1n) is 4.56. The summed E-state index contributed by atoms with van der Waals surface area (Å²) in [7, 11) is 0. The number of nitriles is 1. The highest BCUT2D eigenvalue weighted by Crippen LogP contribution is 2.31. The minimum atomic E-state index is 0.189. The number of fused-ring (bicyclic) bond motifs is 1. The van der Waals surface area contributed by atoms with E-state index in [1.165, 1.54) is 11.1 Å². The molecule has 13 heavy (non-hydrogen) atoms. The van der Waals surface area contributed by atoms with E-state index in [1.54, 1.807) is 0 Å². The predicted molar refractivity (Wildman–Crippen MR) is 51.0 cm³/mol. The summed E-state index contributed by atoms with van der Waals surface area (Å²) in [6, 6.07) is 8.48. The molecule has 1 aromatic carbocycles. The Morgan fingerprint density at radius 3 is 3.15 bits per heavy atom. The van der Waals surface area contributed by atoms with E-state index >= 15 is 0 Å². The average Bonchev–Trinajstić information content (AvgIpc) is 2.50. The average molecular weight is 172 g/mol. The van der Waals surface area contributed by atoms with Crippen LogP contribution in [0.4, 0.5) is 0 Å². The first-order valence-corrected chi connectivity index (χ1v) is 4.56. The van der Waals surface area contributed by atoms with Crippen LogP contribution in [0.25, 0.3) is 0 Å². The molecule has 1 aromatic rings. The molecule has 0 heterocycles. The summed E-state index contributed by atoms with van der Waals surface area (Å²) < 4.78 is 0. The zero-order valence-electron chi connectivity index (χ0n) is 7.46. The molecule has 0 saturated heterocycles. The van der Waals surface area contributed by atoms with Crippen molar-refractivity contribution >= 4 is 0 Å². The van der Waals surface area contributed by atoms with Gasteiger partial charge in [-0.25, -0.2) is 0 Å². The Morgan fingerprint density at radius 1 is 1.54 bits per heavy atom. The molecule has 0 radical (unpaired) electrons. The fraction of sp³-hybridized carbons (Fsp3) is 0.364. The minimum Gasteiger partial charge on any atom is -0.324 e. The van der Waals surface area contributed by atoms with E-state index in [9.17, 15) is 0 Å². The maximum absolute atomic E-state index is 8.64. The molecule has 1 unspecified atom stereocenters. The molecule has 0 aliphatic heterocycles. The van der Waals surface area contributed by atoms with Crippen LogP contribution >= 0.6 is 0 Å². The van der Waals surface area contributed by atoms with E-state index in [1.807, 2.05) is 12.1 Å². The second-order valence-corrected chi connectivity index (χ2v) is 3.46. The van der Waals surface area contributed by atoms with Crippen LogP contribution in [0.3, 0.4) is 0 Å². The molecule has 2 rings (SSSR count). The van der Waals surface area contributed by atoms with Crippen LogP contribution in [0.1, 0.15) is 29.2 Å². The van der Waals surface area contributed by atoms with Crippen molar-refractivity contribution in [3.8, 4) is 6.07 Å². The highest BCUT2D eigenvalue weighted by Gasteiger charge is 2.20. The Labute approximate surface area is 78.0 Å². The Bertz CT molecular complexity index is 363. The van der Waals surface area contributed by atoms with Crippen LogP contribution in [-0.2, 0) is 12.8 Å². The lowest BCUT2D eigenvalue weighted by molar-refractivity contribution is 0.713. The van der Waals surface area contributed by atoms with Gasteiger partial charge in [-0.3, -0.25) is 0 Å². The molecule has 2 N–H and O–H groups in total. The molecule has 0 amide bonds. The van der Waals surface area contributed by atoms with Crippen molar-refractivity contribution in [3.05, 3.63) is 34.9 Å². The van der Waals surface area contributed by atoms with Gasteiger partial charge in [-0.15, -0.1) is 0 Å². The minimum absolute atomic E-state index is 0.189. The van der Waals surface area contributed by atoms with E-state index in [2.05, 4.69) is 12.1 Å². The fourth-order valence-corrected chi connectivity index (χ4v) is 2.01. The van der Waals surface area contributed by atoms with Crippen molar-refractivity contribution in [1.29, 1.82) is 5.26 Å². The number of nitrogens with two attached hydrogens (primary N) is 1. The molecular formula is C11H12N2. The summed E-state index contributed by atoms with van der Waals surface area (Å²) in [5.41, 5.74) is 9.65. The van der Waals surface area contributed by atoms with E-state index in [0.29, 0.717) is 6.42 Å². The van der Waals surface area contributed by atoms with Gasteiger partial charge >= 0.3 is 0 Å². The molecule has 0 saturated carbocycles. The van der Waals surface area contributed by atoms with Gasteiger partial charge in [-0.2, -0.15) is 5.26 Å². The lowest BCUT2D eigenvalue weighted by Crippen LogP contribution is -2.05. The monoisotopic (exact) mass is 172 g/mol. The van der Waals surface area contributed by atoms with Crippen LogP contribution in [0, 0.1) is 11.3 Å². The topological polar surface area (TPSA) is 49.8 Å². The number of nitrogens with zero attached hydrogens (tertiary/aromatic N) is 1. The van der Waals surface area contributed by atoms with Gasteiger partial charge in [-0.05, 0) is 29.5 Å². The molecule has 1 aliphatic rings. The van der Waals surface area contributed by atoms with Crippen LogP contribution in [0.5, 0.6) is 0 Å². The van der Waals surface area contributed by atoms with Crippen LogP contribution < -0.4 is 5.73 Å². The summed E-state index contributed by atoms with van der Waals surface area (Å²) in [5.74, 6) is 0. The highest BCUT2D eigenvalue weighted by molar-refractivity contribution is 5.41. The van der Waals surface area contributed by atoms with Crippen LogP contribution in [-0.4, -0.2) is 0 Å². The van der Waals surface area contributed by atoms with Gasteiger partial charge in [-0.1, -0.05) is 18.2 Å². The Morgan fingerprint density at radius 2 is 2.38 bits per heavy atom. The molecule has 0 fully saturated rings. The Kier molecular flexibility index (Phi) is 2.03. The van der Waals surface area contributed by atoms with Crippen molar-refractivity contribution in [2.24, 2.45) is 5.73 Å². The van der Waals surface area contributed by atoms with Crippen molar-refractivity contribution < 1.29 is 0 Å². The van der Waals surface area contributed by atoms with Gasteiger partial charge < -0.3 is 5.73 Å². The molecule has 0 bridgehead atoms. The van der Waals surface area contributed by atoms with Gasteiger partial charge in [0.15, 0.2) is 0 Å². The zero-order valence-corrected chi connectivity index (χ0v) is 7.46. The summed E-state index contributed by atoms with van der Waals surface area (Å²) in [6.45, 7) is 0. The van der Waals surface area contributed by atoms with Crippen molar-refractivity contribution in [2.75, 3.05) is 0 Å². The molecule has 0 spiro atoms. The first kappa shape index (κ1) is 8.28. The van der Waals surface area contributed by atoms with Gasteiger partial charge in [0.05, 0.1) is 12.5 Å². The number of hydrogen-bond donors (Lipinski definition) is 1. The highest BCUT2D eigenvalue weighted by atomic mass is 14.6. The summed E-state index contributed by atoms with van der Waals surface area (Å²) in [6.07, 6.45) is 2.57. The second-order valence-electron chi connectivity index (χ2n) is 3.46. The third-order valence-corrected chi connectivity index (χ3v) is 2.68. The zero-order chi connectivity index (χ0) is 9.26. The largest absolute Gasteiger partial charge is 0.324 e. The molecule has 2 heteroatoms. The van der Waals surface area contributed by atoms with Crippen LogP contribution in [0.15, 0.2) is 18.2 Å². The van der Waals surface area contributed by atoms with Crippen LogP contribution in [0.2, 0.25) is 0 Å². The molecule has 1 aliphatic carbocycles. The number of rotatable bonds is 1. The fourth-order valence-electron chi connectivity index (χ4n) is 2.01. The standard InChI is InChI=1S/C11H12N2/c12-7-6-8-2-1-3-10-9(8)4-5-11(10)13/h1-3,11H,4-6,13H2. The van der Waals surface area contributed by atoms with E-state index in [0.717, 1.165) is 18.4 Å². The molecule has 0 aromatic heterocycles. The molecule has 2 nitrogen and oxygen atoms in total. The number of benzene rings is 1. The smallest absolute Gasteiger partial charge is 0.0669 e. The van der Waals surface area contributed by atoms with Gasteiger partial charge in [0.1, 0.15) is 0 Å². The molecule has 66 valence electrons. The van der Waals surface area contributed by atoms with Gasteiger partial charge in [0, 0.05) is 6.04 Å². The van der Waals surface area contributed by atoms with Gasteiger partial charge in [0.2, 0.25) is 0 Å². The second kappa shape index (κ2) is 3.20. The van der Waals surface area contributed by atoms with Crippen molar-refractivity contribution in [3.63, 3.8) is 0 Å². The third kappa shape index (κ3) is 1.32. The van der Waals surface area contributed by atoms with E-state index < -0.39 is 0 Å². The third-order valence-electron chi connectivity index (χ3n) is 2.68. The lowest BCUT2D eigenvalue weighted by atomic mass is 10.0. The van der Waals surface area contributed by atoms with Crippen molar-refractivity contribution in [2.45, 2.75) is 25.3 Å². The van der Waals surface area contributed by atoms with Gasteiger partial charge in [0.25, 0.3) is 0 Å². The normalized spacial score (nSPS) is 19.5. The van der Waals surface area contributed by atoms with Crippen molar-refractivity contribution in [1.82, 2.24) is 0 Å². The Hall–Kier alpha value is -1.33. The van der Waals surface area contributed by atoms with E-state index in [-0.39, 0.29) is 6.04 Å². The van der Waals surface area contributed by atoms with E-state index in [4.69, 9.17) is 11.0 Å². The SMILES string of the molecule is N#CCc1cccc2c1CCC2N. The lowest BCUT2D eigenvalue weighted by Gasteiger charge is -2.06. The summed E-state index contributed by atoms with van der Waals surface area (Å²) >= 11 is 0. The molecular weight excluding hydrogens is 160 g/mol. The quantitative estimate of drug-likeness (QED) is 0.700.